The number of carbonyl (C=O) groups excluding carboxylic acids is 3. The molecule has 1 amide bonds. The lowest BCUT2D eigenvalue weighted by molar-refractivity contribution is -0.152. The number of allylic oxidation sites excluding steroid dienone is 2. The number of carbonyl (C=O) groups is 3. The highest BCUT2D eigenvalue weighted by atomic mass is 32.1. The third-order valence-electron chi connectivity index (χ3n) is 7.32. The van der Waals surface area contributed by atoms with E-state index in [1.807, 2.05) is 17.5 Å². The van der Waals surface area contributed by atoms with Crippen LogP contribution < -0.4 is 14.4 Å². The van der Waals surface area contributed by atoms with Gasteiger partial charge in [0.25, 0.3) is 0 Å². The molecule has 0 saturated heterocycles. The topological polar surface area (TPSA) is 82.1 Å². The fourth-order valence-electron chi connectivity index (χ4n) is 5.66. The number of esters is 1. The van der Waals surface area contributed by atoms with Gasteiger partial charge in [0, 0.05) is 40.5 Å². The minimum absolute atomic E-state index is 0.0559. The van der Waals surface area contributed by atoms with Gasteiger partial charge in [0.2, 0.25) is 12.7 Å². The second kappa shape index (κ2) is 9.92. The molecular formula is C29H23F2NO6S. The normalized spacial score (nSPS) is 22.2. The van der Waals surface area contributed by atoms with Crippen LogP contribution in [-0.4, -0.2) is 31.1 Å². The fourth-order valence-corrected chi connectivity index (χ4v) is 6.52. The number of hydrogen-bond donors (Lipinski definition) is 0. The molecule has 0 spiro atoms. The van der Waals surface area contributed by atoms with Crippen molar-refractivity contribution in [3.05, 3.63) is 87.3 Å². The molecule has 10 heteroatoms. The molecule has 3 atom stereocenters. The van der Waals surface area contributed by atoms with Crippen molar-refractivity contribution >= 4 is 34.7 Å². The van der Waals surface area contributed by atoms with Crippen molar-refractivity contribution in [2.24, 2.45) is 5.92 Å². The molecule has 6 rings (SSSR count). The average molecular weight is 552 g/mol. The highest BCUT2D eigenvalue weighted by Crippen LogP contribution is 2.51. The predicted octanol–water partition coefficient (Wildman–Crippen LogP) is 5.47. The quantitative estimate of drug-likeness (QED) is 0.309. The summed E-state index contributed by atoms with van der Waals surface area (Å²) in [5.41, 5.74) is 1.02. The number of anilines is 1. The number of hydrogen-bond acceptors (Lipinski definition) is 7. The standard InChI is InChI=1S/C29H23F2NO6S/c1-2-36-29(35)27-18(24-4-3-9-39-24)12-21-26(28(27)34)17(15-5-8-22-23(10-15)38-14-37-22)13-25(33)32(21)20-7-6-16(30)11-19(20)31/h3-11,17-18,27H,2,12-14H2,1H3/t17-,18+,27+/m1/s1. The summed E-state index contributed by atoms with van der Waals surface area (Å²) in [7, 11) is 0. The molecule has 0 unspecified atom stereocenters. The molecule has 0 bridgehead atoms. The molecule has 1 aromatic heterocycles. The summed E-state index contributed by atoms with van der Waals surface area (Å²) in [6.45, 7) is 1.83. The number of Topliss-reactive ketones (excluding diaryl/α,β-unsaturated/α-hetero) is 1. The van der Waals surface area contributed by atoms with E-state index in [1.54, 1.807) is 25.1 Å². The number of thiophene rings is 1. The summed E-state index contributed by atoms with van der Waals surface area (Å²) in [6.07, 6.45) is -0.0606. The lowest BCUT2D eigenvalue weighted by Crippen LogP contribution is -2.46. The van der Waals surface area contributed by atoms with E-state index in [9.17, 15) is 18.8 Å². The number of benzene rings is 2. The Bertz CT molecular complexity index is 1520. The van der Waals surface area contributed by atoms with Gasteiger partial charge in [-0.25, -0.2) is 8.78 Å². The monoisotopic (exact) mass is 551 g/mol. The molecule has 0 saturated carbocycles. The third kappa shape index (κ3) is 4.28. The van der Waals surface area contributed by atoms with Crippen LogP contribution in [0.15, 0.2) is 65.2 Å². The first-order chi connectivity index (χ1) is 18.9. The van der Waals surface area contributed by atoms with E-state index in [0.29, 0.717) is 28.8 Å². The van der Waals surface area contributed by atoms with E-state index in [-0.39, 0.29) is 37.5 Å². The zero-order valence-electron chi connectivity index (χ0n) is 20.8. The van der Waals surface area contributed by atoms with Crippen molar-refractivity contribution in [3.8, 4) is 11.5 Å². The first-order valence-corrected chi connectivity index (χ1v) is 13.4. The summed E-state index contributed by atoms with van der Waals surface area (Å²) in [5, 5.41) is 1.84. The zero-order chi connectivity index (χ0) is 27.3. The van der Waals surface area contributed by atoms with E-state index in [0.717, 1.165) is 10.9 Å². The molecular weight excluding hydrogens is 528 g/mol. The molecule has 0 fully saturated rings. The van der Waals surface area contributed by atoms with Crippen molar-refractivity contribution < 1.29 is 37.4 Å². The number of halogens is 2. The van der Waals surface area contributed by atoms with Gasteiger partial charge < -0.3 is 14.2 Å². The second-order valence-electron chi connectivity index (χ2n) is 9.47. The smallest absolute Gasteiger partial charge is 0.317 e. The van der Waals surface area contributed by atoms with Crippen molar-refractivity contribution in [1.29, 1.82) is 0 Å². The molecule has 2 aromatic carbocycles. The van der Waals surface area contributed by atoms with Crippen molar-refractivity contribution in [2.45, 2.75) is 31.6 Å². The van der Waals surface area contributed by atoms with E-state index < -0.39 is 47.0 Å². The van der Waals surface area contributed by atoms with Crippen LogP contribution in [0.4, 0.5) is 14.5 Å². The third-order valence-corrected chi connectivity index (χ3v) is 8.32. The Labute approximate surface area is 226 Å². The van der Waals surface area contributed by atoms with Gasteiger partial charge in [-0.05, 0) is 54.6 Å². The Morgan fingerprint density at radius 2 is 1.90 bits per heavy atom. The van der Waals surface area contributed by atoms with Gasteiger partial charge in [0.1, 0.15) is 17.6 Å². The van der Waals surface area contributed by atoms with Gasteiger partial charge in [-0.3, -0.25) is 19.3 Å². The molecule has 1 aliphatic carbocycles. The Hall–Kier alpha value is -4.05. The summed E-state index contributed by atoms with van der Waals surface area (Å²) in [4.78, 5) is 43.2. The van der Waals surface area contributed by atoms with Crippen LogP contribution in [0.3, 0.4) is 0 Å². The SMILES string of the molecule is CCOC(=O)[C@@H]1C(=O)C2=C(C[C@H]1c1cccs1)N(c1ccc(F)cc1F)C(=O)C[C@@H]2c1ccc2c(c1)OCO2. The summed E-state index contributed by atoms with van der Waals surface area (Å²) < 4.78 is 45.1. The molecule has 7 nitrogen and oxygen atoms in total. The molecule has 39 heavy (non-hydrogen) atoms. The van der Waals surface area contributed by atoms with Gasteiger partial charge in [0.15, 0.2) is 17.3 Å². The first-order valence-electron chi connectivity index (χ1n) is 12.5. The van der Waals surface area contributed by atoms with Crippen LogP contribution in [0.2, 0.25) is 0 Å². The van der Waals surface area contributed by atoms with Gasteiger partial charge in [-0.1, -0.05) is 12.1 Å². The summed E-state index contributed by atoms with van der Waals surface area (Å²) >= 11 is 1.38. The molecule has 2 aliphatic heterocycles. The Morgan fingerprint density at radius 1 is 1.08 bits per heavy atom. The number of rotatable bonds is 5. The Morgan fingerprint density at radius 3 is 2.64 bits per heavy atom. The number of ether oxygens (including phenoxy) is 3. The molecule has 0 radical (unpaired) electrons. The minimum atomic E-state index is -1.13. The van der Waals surface area contributed by atoms with E-state index in [4.69, 9.17) is 14.2 Å². The van der Waals surface area contributed by atoms with Gasteiger partial charge in [0.05, 0.1) is 12.3 Å². The van der Waals surface area contributed by atoms with Gasteiger partial charge in [-0.2, -0.15) is 0 Å². The van der Waals surface area contributed by atoms with Crippen molar-refractivity contribution in [1.82, 2.24) is 0 Å². The maximum atomic E-state index is 15.1. The predicted molar refractivity (Wildman–Crippen MR) is 138 cm³/mol. The van der Waals surface area contributed by atoms with Crippen LogP contribution in [-0.2, 0) is 19.1 Å². The molecule has 3 aromatic rings. The molecule has 3 heterocycles. The number of nitrogens with zero attached hydrogens (tertiary/aromatic N) is 1. The highest BCUT2D eigenvalue weighted by Gasteiger charge is 2.50. The van der Waals surface area contributed by atoms with Crippen molar-refractivity contribution in [2.75, 3.05) is 18.3 Å². The lowest BCUT2D eigenvalue weighted by atomic mass is 9.69. The zero-order valence-corrected chi connectivity index (χ0v) is 21.6. The maximum Gasteiger partial charge on any atom is 0.317 e. The lowest BCUT2D eigenvalue weighted by Gasteiger charge is -2.42. The number of amides is 1. The van der Waals surface area contributed by atoms with E-state index in [1.165, 1.54) is 22.3 Å². The fraction of sp³-hybridized carbons (Fsp3) is 0.276. The molecule has 0 N–H and O–H groups in total. The highest BCUT2D eigenvalue weighted by molar-refractivity contribution is 7.10. The maximum absolute atomic E-state index is 15.1. The van der Waals surface area contributed by atoms with Gasteiger partial charge in [-0.15, -0.1) is 11.3 Å². The molecule has 3 aliphatic rings. The Kier molecular flexibility index (Phi) is 6.42. The summed E-state index contributed by atoms with van der Waals surface area (Å²) in [6, 6.07) is 11.8. The number of ketones is 1. The first kappa shape index (κ1) is 25.2. The second-order valence-corrected chi connectivity index (χ2v) is 10.5. The largest absolute Gasteiger partial charge is 0.465 e. The Balaban J connectivity index is 1.55. The van der Waals surface area contributed by atoms with Crippen LogP contribution in [0.25, 0.3) is 0 Å². The summed E-state index contributed by atoms with van der Waals surface area (Å²) in [5.74, 6) is -4.72. The average Bonchev–Trinajstić information content (AvgIpc) is 3.61. The van der Waals surface area contributed by atoms with Crippen LogP contribution in [0, 0.1) is 17.6 Å². The van der Waals surface area contributed by atoms with Gasteiger partial charge >= 0.3 is 5.97 Å². The van der Waals surface area contributed by atoms with Crippen LogP contribution >= 0.6 is 11.3 Å². The number of fused-ring (bicyclic) bond motifs is 1. The minimum Gasteiger partial charge on any atom is -0.465 e. The molecule has 200 valence electrons. The van der Waals surface area contributed by atoms with Crippen LogP contribution in [0.5, 0.6) is 11.5 Å². The van der Waals surface area contributed by atoms with E-state index in [2.05, 4.69) is 0 Å². The van der Waals surface area contributed by atoms with E-state index >= 15 is 4.39 Å². The van der Waals surface area contributed by atoms with Crippen LogP contribution in [0.1, 0.15) is 42.0 Å². The van der Waals surface area contributed by atoms with Crippen molar-refractivity contribution in [3.63, 3.8) is 0 Å².